The van der Waals surface area contributed by atoms with Crippen molar-refractivity contribution in [3.8, 4) is 5.69 Å². The van der Waals surface area contributed by atoms with E-state index >= 15 is 0 Å². The van der Waals surface area contributed by atoms with Gasteiger partial charge in [-0.05, 0) is 47.5 Å². The lowest BCUT2D eigenvalue weighted by atomic mass is 9.95. The van der Waals surface area contributed by atoms with Gasteiger partial charge in [0.15, 0.2) is 5.82 Å². The number of urea groups is 1. The molecule has 3 aromatic rings. The molecule has 1 saturated heterocycles. The molecule has 0 spiro atoms. The van der Waals surface area contributed by atoms with Crippen molar-refractivity contribution in [1.29, 1.82) is 0 Å². The second kappa shape index (κ2) is 6.27. The summed E-state index contributed by atoms with van der Waals surface area (Å²) in [5.41, 5.74) is 0.0647. The van der Waals surface area contributed by atoms with Gasteiger partial charge in [-0.2, -0.15) is 16.4 Å². The Morgan fingerprint density at radius 3 is 2.74 bits per heavy atom. The van der Waals surface area contributed by atoms with Crippen LogP contribution in [0.1, 0.15) is 18.2 Å². The summed E-state index contributed by atoms with van der Waals surface area (Å²) >= 11 is 1.44. The van der Waals surface area contributed by atoms with E-state index in [2.05, 4.69) is 10.4 Å². The van der Waals surface area contributed by atoms with Crippen molar-refractivity contribution in [2.45, 2.75) is 19.0 Å². The first kappa shape index (κ1) is 17.3. The van der Waals surface area contributed by atoms with Crippen molar-refractivity contribution in [2.75, 3.05) is 0 Å². The summed E-state index contributed by atoms with van der Waals surface area (Å²) in [6.07, 6.45) is 1.49. The predicted octanol–water partition coefficient (Wildman–Crippen LogP) is 3.18. The highest BCUT2D eigenvalue weighted by Crippen LogP contribution is 2.31. The number of imide groups is 1. The third kappa shape index (κ3) is 2.89. The van der Waals surface area contributed by atoms with Gasteiger partial charge in [-0.3, -0.25) is 9.69 Å². The number of carbonyl (C=O) groups is 2. The molecule has 1 aromatic carbocycles. The van der Waals surface area contributed by atoms with Crippen LogP contribution in [0.15, 0.2) is 47.3 Å². The molecule has 27 heavy (non-hydrogen) atoms. The molecular weight excluding hydrogens is 374 g/mol. The van der Waals surface area contributed by atoms with Crippen molar-refractivity contribution >= 4 is 23.3 Å². The number of thiophene rings is 1. The van der Waals surface area contributed by atoms with E-state index in [4.69, 9.17) is 0 Å². The van der Waals surface area contributed by atoms with Gasteiger partial charge >= 0.3 is 6.03 Å². The monoisotopic (exact) mass is 388 g/mol. The Hall–Kier alpha value is -3.07. The highest BCUT2D eigenvalue weighted by molar-refractivity contribution is 7.08. The molecule has 0 bridgehead atoms. The molecule has 3 amide bonds. The average molecular weight is 388 g/mol. The van der Waals surface area contributed by atoms with E-state index in [9.17, 15) is 18.4 Å². The van der Waals surface area contributed by atoms with E-state index in [0.29, 0.717) is 11.3 Å². The molecule has 1 aliphatic heterocycles. The zero-order chi connectivity index (χ0) is 19.2. The number of amides is 3. The highest BCUT2D eigenvalue weighted by atomic mass is 32.1. The number of hydrogen-bond acceptors (Lipinski definition) is 4. The van der Waals surface area contributed by atoms with Crippen LogP contribution in [0.3, 0.4) is 0 Å². The first-order chi connectivity index (χ1) is 12.9. The summed E-state index contributed by atoms with van der Waals surface area (Å²) in [7, 11) is 0. The van der Waals surface area contributed by atoms with Gasteiger partial charge in [0, 0.05) is 12.3 Å². The van der Waals surface area contributed by atoms with Crippen LogP contribution in [-0.4, -0.2) is 26.6 Å². The number of benzene rings is 1. The van der Waals surface area contributed by atoms with Gasteiger partial charge in [-0.25, -0.2) is 18.3 Å². The summed E-state index contributed by atoms with van der Waals surface area (Å²) in [4.78, 5) is 26.2. The van der Waals surface area contributed by atoms with Crippen molar-refractivity contribution < 1.29 is 18.4 Å². The number of carbonyl (C=O) groups excluding carboxylic acids is 2. The first-order valence-corrected chi connectivity index (χ1v) is 8.99. The van der Waals surface area contributed by atoms with Crippen LogP contribution in [0, 0.1) is 11.6 Å². The minimum Gasteiger partial charge on any atom is -0.319 e. The van der Waals surface area contributed by atoms with Crippen molar-refractivity contribution in [3.63, 3.8) is 0 Å². The average Bonchev–Trinajstić information content (AvgIpc) is 3.34. The van der Waals surface area contributed by atoms with Gasteiger partial charge in [0.05, 0.1) is 12.2 Å². The molecule has 3 heterocycles. The Labute approximate surface area is 157 Å². The van der Waals surface area contributed by atoms with E-state index in [1.807, 2.05) is 10.8 Å². The summed E-state index contributed by atoms with van der Waals surface area (Å²) in [5, 5.41) is 10.6. The van der Waals surface area contributed by atoms with Gasteiger partial charge in [0.1, 0.15) is 17.0 Å². The Kier molecular flexibility index (Phi) is 4.03. The smallest absolute Gasteiger partial charge is 0.319 e. The fourth-order valence-corrected chi connectivity index (χ4v) is 3.76. The molecule has 4 rings (SSSR count). The summed E-state index contributed by atoms with van der Waals surface area (Å²) in [6, 6.07) is 6.01. The molecular formula is C18H14F2N4O2S. The standard InChI is InChI=1S/C18H14F2N4O2S/c1-18(11-5-7-27-10-11)16(25)23(17(26)21-18)9-13-4-6-24(22-13)15-3-2-12(19)8-14(15)20/h2-8,10H,9H2,1H3,(H,21,26). The number of hydrogen-bond donors (Lipinski definition) is 1. The number of nitrogens with one attached hydrogen (secondary N) is 1. The number of halogens is 2. The second-order valence-electron chi connectivity index (χ2n) is 6.31. The molecule has 1 atom stereocenters. The summed E-state index contributed by atoms with van der Waals surface area (Å²) < 4.78 is 28.2. The van der Waals surface area contributed by atoms with Gasteiger partial charge in [0.25, 0.3) is 5.91 Å². The minimum absolute atomic E-state index is 0.0553. The van der Waals surface area contributed by atoms with Crippen molar-refractivity contribution in [1.82, 2.24) is 20.0 Å². The second-order valence-corrected chi connectivity index (χ2v) is 7.09. The highest BCUT2D eigenvalue weighted by Gasteiger charge is 2.49. The molecule has 1 unspecified atom stereocenters. The zero-order valence-electron chi connectivity index (χ0n) is 14.1. The zero-order valence-corrected chi connectivity index (χ0v) is 15.0. The van der Waals surface area contributed by atoms with Gasteiger partial charge in [-0.1, -0.05) is 0 Å². The van der Waals surface area contributed by atoms with E-state index < -0.39 is 23.2 Å². The molecule has 138 valence electrons. The van der Waals surface area contributed by atoms with Crippen LogP contribution in [0.4, 0.5) is 13.6 Å². The number of nitrogens with zero attached hydrogens (tertiary/aromatic N) is 3. The summed E-state index contributed by atoms with van der Waals surface area (Å²) in [5.74, 6) is -1.83. The van der Waals surface area contributed by atoms with Crippen LogP contribution in [-0.2, 0) is 16.9 Å². The Morgan fingerprint density at radius 2 is 2.04 bits per heavy atom. The fourth-order valence-electron chi connectivity index (χ4n) is 2.99. The summed E-state index contributed by atoms with van der Waals surface area (Å²) in [6.45, 7) is 1.60. The number of rotatable bonds is 4. The van der Waals surface area contributed by atoms with E-state index in [0.717, 1.165) is 17.0 Å². The predicted molar refractivity (Wildman–Crippen MR) is 94.2 cm³/mol. The van der Waals surface area contributed by atoms with Crippen molar-refractivity contribution in [2.24, 2.45) is 0 Å². The molecule has 0 aliphatic carbocycles. The lowest BCUT2D eigenvalue weighted by Crippen LogP contribution is -2.40. The fraction of sp³-hybridized carbons (Fsp3) is 0.167. The molecule has 1 fully saturated rings. The van der Waals surface area contributed by atoms with E-state index in [1.54, 1.807) is 19.1 Å². The first-order valence-electron chi connectivity index (χ1n) is 8.05. The Morgan fingerprint density at radius 1 is 1.22 bits per heavy atom. The topological polar surface area (TPSA) is 67.2 Å². The molecule has 6 nitrogen and oxygen atoms in total. The quantitative estimate of drug-likeness (QED) is 0.698. The van der Waals surface area contributed by atoms with Gasteiger partial charge in [-0.15, -0.1) is 0 Å². The molecule has 1 aliphatic rings. The van der Waals surface area contributed by atoms with Gasteiger partial charge < -0.3 is 5.32 Å². The van der Waals surface area contributed by atoms with E-state index in [-0.39, 0.29) is 18.1 Å². The van der Waals surface area contributed by atoms with Crippen molar-refractivity contribution in [3.05, 3.63) is 70.2 Å². The molecule has 0 radical (unpaired) electrons. The SMILES string of the molecule is CC1(c2ccsc2)NC(=O)N(Cc2ccn(-c3ccc(F)cc3F)n2)C1=O. The lowest BCUT2D eigenvalue weighted by molar-refractivity contribution is -0.131. The Balaban J connectivity index is 1.57. The van der Waals surface area contributed by atoms with Crippen LogP contribution >= 0.6 is 11.3 Å². The largest absolute Gasteiger partial charge is 0.325 e. The third-order valence-electron chi connectivity index (χ3n) is 4.49. The maximum atomic E-state index is 13.9. The lowest BCUT2D eigenvalue weighted by Gasteiger charge is -2.20. The van der Waals surface area contributed by atoms with Gasteiger partial charge in [0.2, 0.25) is 0 Å². The van der Waals surface area contributed by atoms with E-state index in [1.165, 1.54) is 28.3 Å². The third-order valence-corrected chi connectivity index (χ3v) is 5.18. The van der Waals surface area contributed by atoms with Crippen LogP contribution in [0.2, 0.25) is 0 Å². The maximum Gasteiger partial charge on any atom is 0.325 e. The van der Waals surface area contributed by atoms with Crippen LogP contribution < -0.4 is 5.32 Å². The van der Waals surface area contributed by atoms with Crippen LogP contribution in [0.5, 0.6) is 0 Å². The number of aromatic nitrogens is 2. The molecule has 9 heteroatoms. The molecule has 1 N–H and O–H groups in total. The maximum absolute atomic E-state index is 13.9. The molecule has 0 saturated carbocycles. The minimum atomic E-state index is -1.12. The Bertz CT molecular complexity index is 1030. The van der Waals surface area contributed by atoms with Crippen LogP contribution in [0.25, 0.3) is 5.69 Å². The normalized spacial score (nSPS) is 19.6. The molecule has 2 aromatic heterocycles.